The van der Waals surface area contributed by atoms with Crippen LogP contribution in [0.4, 0.5) is 0 Å². The third kappa shape index (κ3) is 1.69. The molecule has 0 spiro atoms. The first-order chi connectivity index (χ1) is 9.40. The Hall–Kier alpha value is -2.62. The van der Waals surface area contributed by atoms with E-state index in [1.807, 2.05) is 12.3 Å². The largest absolute Gasteiger partial charge is 0.348 e. The van der Waals surface area contributed by atoms with Crippen LogP contribution in [0.2, 0.25) is 0 Å². The minimum absolute atomic E-state index is 0.787. The lowest BCUT2D eigenvalue weighted by Gasteiger charge is -2.07. The number of para-hydroxylation sites is 1. The van der Waals surface area contributed by atoms with Crippen LogP contribution < -0.4 is 0 Å². The van der Waals surface area contributed by atoms with E-state index in [4.69, 9.17) is 0 Å². The van der Waals surface area contributed by atoms with Gasteiger partial charge in [0.15, 0.2) is 0 Å². The van der Waals surface area contributed by atoms with Crippen molar-refractivity contribution in [3.8, 4) is 11.3 Å². The third-order valence-corrected chi connectivity index (χ3v) is 3.34. The van der Waals surface area contributed by atoms with Crippen LogP contribution in [0.5, 0.6) is 0 Å². The zero-order valence-corrected chi connectivity index (χ0v) is 10.2. The quantitative estimate of drug-likeness (QED) is 0.593. The number of nitrogens with zero attached hydrogens (tertiary/aromatic N) is 3. The van der Waals surface area contributed by atoms with Crippen LogP contribution in [-0.2, 0) is 6.54 Å². The molecule has 0 radical (unpaired) electrons. The predicted molar refractivity (Wildman–Crippen MR) is 74.0 cm³/mol. The van der Waals surface area contributed by atoms with Crippen LogP contribution in [0, 0.1) is 0 Å². The first-order valence-electron chi connectivity index (χ1n) is 6.22. The molecule has 1 N–H and O–H groups in total. The van der Waals surface area contributed by atoms with Gasteiger partial charge in [-0.15, -0.1) is 0 Å². The van der Waals surface area contributed by atoms with Crippen LogP contribution in [0.1, 0.15) is 5.69 Å². The lowest BCUT2D eigenvalue weighted by molar-refractivity contribution is 0.773. The number of fused-ring (bicyclic) bond motifs is 3. The number of pyridine rings is 1. The van der Waals surface area contributed by atoms with Gasteiger partial charge in [-0.3, -0.25) is 0 Å². The number of imidazole rings is 1. The number of benzene rings is 1. The molecule has 19 heavy (non-hydrogen) atoms. The molecule has 0 unspecified atom stereocenters. The maximum Gasteiger partial charge on any atom is 0.0922 e. The number of aromatic amines is 1. The maximum absolute atomic E-state index is 4.62. The molecule has 4 nitrogen and oxygen atoms in total. The lowest BCUT2D eigenvalue weighted by Crippen LogP contribution is -2.00. The van der Waals surface area contributed by atoms with Crippen molar-refractivity contribution >= 4 is 10.9 Å². The van der Waals surface area contributed by atoms with Gasteiger partial charge in [-0.25, -0.2) is 9.97 Å². The second-order valence-corrected chi connectivity index (χ2v) is 4.62. The molecule has 0 fully saturated rings. The van der Waals surface area contributed by atoms with Gasteiger partial charge in [-0.05, 0) is 12.1 Å². The van der Waals surface area contributed by atoms with Gasteiger partial charge in [-0.1, -0.05) is 18.2 Å². The summed E-state index contributed by atoms with van der Waals surface area (Å²) in [7, 11) is 0. The molecule has 0 amide bonds. The zero-order valence-electron chi connectivity index (χ0n) is 10.2. The van der Waals surface area contributed by atoms with Crippen molar-refractivity contribution in [1.29, 1.82) is 0 Å². The van der Waals surface area contributed by atoms with Crippen LogP contribution >= 0.6 is 0 Å². The van der Waals surface area contributed by atoms with Gasteiger partial charge in [0.05, 0.1) is 29.8 Å². The summed E-state index contributed by atoms with van der Waals surface area (Å²) in [6.07, 6.45) is 7.74. The van der Waals surface area contributed by atoms with Crippen LogP contribution in [0.15, 0.2) is 55.2 Å². The highest BCUT2D eigenvalue weighted by Gasteiger charge is 2.11. The molecule has 4 heteroatoms. The molecule has 0 aliphatic carbocycles. The van der Waals surface area contributed by atoms with E-state index in [2.05, 4.69) is 56.2 Å². The van der Waals surface area contributed by atoms with Gasteiger partial charge in [0.25, 0.3) is 0 Å². The number of hydrogen-bond acceptors (Lipinski definition) is 2. The Morgan fingerprint density at radius 1 is 1.16 bits per heavy atom. The van der Waals surface area contributed by atoms with Crippen LogP contribution in [0.3, 0.4) is 0 Å². The molecule has 0 bridgehead atoms. The molecule has 1 aromatic heterocycles. The molecule has 2 aromatic rings. The van der Waals surface area contributed by atoms with E-state index in [1.54, 1.807) is 6.33 Å². The van der Waals surface area contributed by atoms with Gasteiger partial charge in [0.1, 0.15) is 0 Å². The average Bonchev–Trinajstić information content (AvgIpc) is 3.06. The first kappa shape index (κ1) is 10.3. The van der Waals surface area contributed by atoms with Gasteiger partial charge >= 0.3 is 0 Å². The molecular formula is C15H12N4. The minimum atomic E-state index is 0.787. The second-order valence-electron chi connectivity index (χ2n) is 4.62. The van der Waals surface area contributed by atoms with Gasteiger partial charge in [-0.2, -0.15) is 0 Å². The summed E-state index contributed by atoms with van der Waals surface area (Å²) >= 11 is 0. The van der Waals surface area contributed by atoms with Crippen LogP contribution in [-0.4, -0.2) is 19.5 Å². The first-order valence-corrected chi connectivity index (χ1v) is 6.22. The summed E-state index contributed by atoms with van der Waals surface area (Å²) < 4.78 is 2.14. The number of aromatic nitrogens is 4. The fourth-order valence-corrected chi connectivity index (χ4v) is 2.43. The SMILES string of the molecule is c1ccc2c3cn(Cc4cnc[nH]4)ccc-3nc2c1. The average molecular weight is 248 g/mol. The van der Waals surface area contributed by atoms with E-state index >= 15 is 0 Å². The van der Waals surface area contributed by atoms with Crippen molar-refractivity contribution in [2.75, 3.05) is 0 Å². The molecular weight excluding hydrogens is 236 g/mol. The molecule has 92 valence electrons. The Bertz CT molecular complexity index is 798. The number of hydrogen-bond donors (Lipinski definition) is 1. The third-order valence-electron chi connectivity index (χ3n) is 3.34. The molecule has 0 saturated heterocycles. The van der Waals surface area contributed by atoms with Crippen LogP contribution in [0.25, 0.3) is 22.2 Å². The molecule has 4 rings (SSSR count). The van der Waals surface area contributed by atoms with Crippen molar-refractivity contribution in [1.82, 2.24) is 19.5 Å². The topological polar surface area (TPSA) is 46.5 Å². The van der Waals surface area contributed by atoms with E-state index in [0.29, 0.717) is 0 Å². The summed E-state index contributed by atoms with van der Waals surface area (Å²) in [6, 6.07) is 10.3. The Morgan fingerprint density at radius 3 is 3.00 bits per heavy atom. The lowest BCUT2D eigenvalue weighted by atomic mass is 10.1. The predicted octanol–water partition coefficient (Wildman–Crippen LogP) is 2.91. The van der Waals surface area contributed by atoms with E-state index in [-0.39, 0.29) is 0 Å². The van der Waals surface area contributed by atoms with Crippen molar-refractivity contribution in [3.63, 3.8) is 0 Å². The minimum Gasteiger partial charge on any atom is -0.348 e. The van der Waals surface area contributed by atoms with Gasteiger partial charge in [0, 0.05) is 29.5 Å². The van der Waals surface area contributed by atoms with Crippen molar-refractivity contribution in [2.45, 2.75) is 6.54 Å². The van der Waals surface area contributed by atoms with Crippen molar-refractivity contribution in [2.24, 2.45) is 0 Å². The Morgan fingerprint density at radius 2 is 2.11 bits per heavy atom. The maximum atomic E-state index is 4.62. The molecule has 2 aliphatic heterocycles. The fourth-order valence-electron chi connectivity index (χ4n) is 2.43. The van der Waals surface area contributed by atoms with E-state index in [0.717, 1.165) is 23.4 Å². The number of rotatable bonds is 2. The Labute approximate surface area is 110 Å². The van der Waals surface area contributed by atoms with Gasteiger partial charge in [0.2, 0.25) is 0 Å². The highest BCUT2D eigenvalue weighted by Crippen LogP contribution is 2.30. The monoisotopic (exact) mass is 248 g/mol. The summed E-state index contributed by atoms with van der Waals surface area (Å²) in [6.45, 7) is 0.787. The van der Waals surface area contributed by atoms with Crippen molar-refractivity contribution < 1.29 is 0 Å². The Balaban J connectivity index is 1.86. The summed E-state index contributed by atoms with van der Waals surface area (Å²) in [5.41, 5.74) is 4.38. The molecule has 0 atom stereocenters. The number of nitrogens with one attached hydrogen (secondary N) is 1. The van der Waals surface area contributed by atoms with Gasteiger partial charge < -0.3 is 9.55 Å². The number of H-pyrrole nitrogens is 1. The second kappa shape index (κ2) is 3.95. The van der Waals surface area contributed by atoms with E-state index in [1.165, 1.54) is 10.9 Å². The van der Waals surface area contributed by atoms with E-state index < -0.39 is 0 Å². The fraction of sp³-hybridized carbons (Fsp3) is 0.0667. The highest BCUT2D eigenvalue weighted by atomic mass is 15.0. The Kier molecular flexibility index (Phi) is 2.14. The zero-order chi connectivity index (χ0) is 12.7. The standard InChI is InChI=1S/C15H12N4/c1-2-4-14-12(3-1)13-9-19(6-5-15(13)18-14)8-11-7-16-10-17-11/h1-7,9-10H,8H2,(H,16,17). The summed E-state index contributed by atoms with van der Waals surface area (Å²) in [5.74, 6) is 0. The smallest absolute Gasteiger partial charge is 0.0922 e. The van der Waals surface area contributed by atoms with Crippen molar-refractivity contribution in [3.05, 3.63) is 60.9 Å². The molecule has 2 aliphatic rings. The normalized spacial score (nSPS) is 11.4. The molecule has 0 saturated carbocycles. The molecule has 1 aromatic carbocycles. The summed E-state index contributed by atoms with van der Waals surface area (Å²) in [4.78, 5) is 11.8. The molecule has 3 heterocycles. The van der Waals surface area contributed by atoms with E-state index in [9.17, 15) is 0 Å². The summed E-state index contributed by atoms with van der Waals surface area (Å²) in [5, 5.41) is 1.21. The highest BCUT2D eigenvalue weighted by molar-refractivity contribution is 5.96.